The van der Waals surface area contributed by atoms with Crippen LogP contribution in [-0.4, -0.2) is 36.0 Å². The van der Waals surface area contributed by atoms with Crippen molar-refractivity contribution in [3.05, 3.63) is 30.3 Å². The molecule has 0 aromatic heterocycles. The van der Waals surface area contributed by atoms with E-state index < -0.39 is 0 Å². The van der Waals surface area contributed by atoms with Gasteiger partial charge in [-0.1, -0.05) is 18.2 Å². The molecule has 0 radical (unpaired) electrons. The highest BCUT2D eigenvalue weighted by molar-refractivity contribution is 5.77. The van der Waals surface area contributed by atoms with Gasteiger partial charge in [-0.3, -0.25) is 4.79 Å². The molecule has 2 atom stereocenters. The fourth-order valence-corrected chi connectivity index (χ4v) is 2.93. The molecule has 5 nitrogen and oxygen atoms in total. The number of para-hydroxylation sites is 1. The fraction of sp³-hybridized carbons (Fsp3) is 0.467. The third-order valence-electron chi connectivity index (χ3n) is 4.03. The summed E-state index contributed by atoms with van der Waals surface area (Å²) in [6.07, 6.45) is 1.92. The van der Waals surface area contributed by atoms with Crippen LogP contribution in [0.3, 0.4) is 0 Å². The number of nitrogens with zero attached hydrogens (tertiary/aromatic N) is 1. The molecule has 2 aliphatic rings. The van der Waals surface area contributed by atoms with Gasteiger partial charge in [-0.05, 0) is 30.9 Å². The molecule has 1 aromatic carbocycles. The Bertz CT molecular complexity index is 503. The van der Waals surface area contributed by atoms with Gasteiger partial charge in [0.2, 0.25) is 5.91 Å². The zero-order valence-corrected chi connectivity index (χ0v) is 11.2. The van der Waals surface area contributed by atoms with Gasteiger partial charge >= 0.3 is 6.09 Å². The standard InChI is InChI=1S/C15H18N2O3/c18-14-7-6-11-10-17(9-8-13(11)16-14)15(19)20-12-4-2-1-3-5-12/h1-5,11,13H,6-10H2,(H,16,18). The molecule has 5 heteroatoms. The van der Waals surface area contributed by atoms with Crippen LogP contribution in [-0.2, 0) is 4.79 Å². The van der Waals surface area contributed by atoms with E-state index in [4.69, 9.17) is 4.74 Å². The molecule has 1 N–H and O–H groups in total. The number of carbonyl (C=O) groups is 2. The molecule has 0 spiro atoms. The van der Waals surface area contributed by atoms with Crippen LogP contribution in [0.5, 0.6) is 5.75 Å². The second-order valence-electron chi connectivity index (χ2n) is 5.39. The van der Waals surface area contributed by atoms with Crippen molar-refractivity contribution >= 4 is 12.0 Å². The van der Waals surface area contributed by atoms with E-state index in [0.717, 1.165) is 12.8 Å². The third-order valence-corrected chi connectivity index (χ3v) is 4.03. The van der Waals surface area contributed by atoms with E-state index in [0.29, 0.717) is 31.2 Å². The van der Waals surface area contributed by atoms with E-state index in [1.165, 1.54) is 0 Å². The Hall–Kier alpha value is -2.04. The number of amides is 2. The molecule has 0 saturated carbocycles. The first kappa shape index (κ1) is 13.0. The van der Waals surface area contributed by atoms with Crippen molar-refractivity contribution in [2.45, 2.75) is 25.3 Å². The fourth-order valence-electron chi connectivity index (χ4n) is 2.93. The lowest BCUT2D eigenvalue weighted by Gasteiger charge is -2.40. The number of benzene rings is 1. The van der Waals surface area contributed by atoms with Crippen molar-refractivity contribution in [2.24, 2.45) is 5.92 Å². The van der Waals surface area contributed by atoms with E-state index in [1.54, 1.807) is 17.0 Å². The van der Waals surface area contributed by atoms with Crippen molar-refractivity contribution in [3.8, 4) is 5.75 Å². The summed E-state index contributed by atoms with van der Waals surface area (Å²) in [6, 6.07) is 9.32. The summed E-state index contributed by atoms with van der Waals surface area (Å²) in [5, 5.41) is 3.01. The number of fused-ring (bicyclic) bond motifs is 1. The number of hydrogen-bond donors (Lipinski definition) is 1. The third kappa shape index (κ3) is 2.76. The lowest BCUT2D eigenvalue weighted by molar-refractivity contribution is -0.125. The minimum Gasteiger partial charge on any atom is -0.410 e. The second-order valence-corrected chi connectivity index (χ2v) is 5.39. The summed E-state index contributed by atoms with van der Waals surface area (Å²) >= 11 is 0. The summed E-state index contributed by atoms with van der Waals surface area (Å²) in [4.78, 5) is 25.2. The predicted octanol–water partition coefficient (Wildman–Crippen LogP) is 1.79. The highest BCUT2D eigenvalue weighted by Crippen LogP contribution is 2.26. The average Bonchev–Trinajstić information content (AvgIpc) is 2.47. The summed E-state index contributed by atoms with van der Waals surface area (Å²) in [7, 11) is 0. The SMILES string of the molecule is O=C1CCC2CN(C(=O)Oc3ccccc3)CCC2N1. The predicted molar refractivity (Wildman–Crippen MR) is 73.3 cm³/mol. The number of rotatable bonds is 1. The monoisotopic (exact) mass is 274 g/mol. The molecule has 1 aromatic rings. The Morgan fingerprint density at radius 3 is 2.85 bits per heavy atom. The first-order valence-corrected chi connectivity index (χ1v) is 7.03. The van der Waals surface area contributed by atoms with Crippen LogP contribution in [0.15, 0.2) is 30.3 Å². The van der Waals surface area contributed by atoms with Crippen molar-refractivity contribution < 1.29 is 14.3 Å². The first-order chi connectivity index (χ1) is 9.72. The number of likely N-dealkylation sites (tertiary alicyclic amines) is 1. The minimum absolute atomic E-state index is 0.131. The highest BCUT2D eigenvalue weighted by Gasteiger charge is 2.35. The molecule has 2 saturated heterocycles. The van der Waals surface area contributed by atoms with E-state index in [-0.39, 0.29) is 18.0 Å². The molecule has 0 aliphatic carbocycles. The number of hydrogen-bond acceptors (Lipinski definition) is 3. The molecule has 3 rings (SSSR count). The van der Waals surface area contributed by atoms with Crippen LogP contribution in [0.2, 0.25) is 0 Å². The minimum atomic E-state index is -0.299. The quantitative estimate of drug-likeness (QED) is 0.849. The Balaban J connectivity index is 1.59. The van der Waals surface area contributed by atoms with Crippen molar-refractivity contribution in [1.29, 1.82) is 0 Å². The summed E-state index contributed by atoms with van der Waals surface area (Å²) < 4.78 is 5.35. The van der Waals surface area contributed by atoms with Gasteiger partial charge in [0.1, 0.15) is 5.75 Å². The maximum Gasteiger partial charge on any atom is 0.415 e. The molecule has 2 aliphatic heterocycles. The van der Waals surface area contributed by atoms with Gasteiger partial charge in [-0.15, -0.1) is 0 Å². The van der Waals surface area contributed by atoms with Gasteiger partial charge < -0.3 is 15.0 Å². The van der Waals surface area contributed by atoms with Crippen LogP contribution >= 0.6 is 0 Å². The van der Waals surface area contributed by atoms with E-state index >= 15 is 0 Å². The lowest BCUT2D eigenvalue weighted by atomic mass is 9.85. The number of carbonyl (C=O) groups excluding carboxylic acids is 2. The molecule has 2 heterocycles. The van der Waals surface area contributed by atoms with Gasteiger partial charge in [-0.25, -0.2) is 4.79 Å². The van der Waals surface area contributed by atoms with Crippen molar-refractivity contribution in [1.82, 2.24) is 10.2 Å². The van der Waals surface area contributed by atoms with E-state index in [2.05, 4.69) is 5.32 Å². The molecule has 0 bridgehead atoms. The van der Waals surface area contributed by atoms with Crippen LogP contribution in [0, 0.1) is 5.92 Å². The van der Waals surface area contributed by atoms with Gasteiger partial charge in [0.05, 0.1) is 0 Å². The number of nitrogens with one attached hydrogen (secondary N) is 1. The lowest BCUT2D eigenvalue weighted by Crippen LogP contribution is -2.55. The van der Waals surface area contributed by atoms with Gasteiger partial charge in [-0.2, -0.15) is 0 Å². The van der Waals surface area contributed by atoms with Crippen molar-refractivity contribution in [2.75, 3.05) is 13.1 Å². The Labute approximate surface area is 117 Å². The molecular formula is C15H18N2O3. The topological polar surface area (TPSA) is 58.6 Å². The van der Waals surface area contributed by atoms with Gasteiger partial charge in [0, 0.05) is 25.6 Å². The molecular weight excluding hydrogens is 256 g/mol. The van der Waals surface area contributed by atoms with Gasteiger partial charge in [0.15, 0.2) is 0 Å². The van der Waals surface area contributed by atoms with Crippen LogP contribution < -0.4 is 10.1 Å². The summed E-state index contributed by atoms with van der Waals surface area (Å²) in [6.45, 7) is 1.30. The summed E-state index contributed by atoms with van der Waals surface area (Å²) in [5.41, 5.74) is 0. The van der Waals surface area contributed by atoms with Crippen LogP contribution in [0.25, 0.3) is 0 Å². The Morgan fingerprint density at radius 1 is 1.25 bits per heavy atom. The molecule has 106 valence electrons. The number of piperidine rings is 2. The van der Waals surface area contributed by atoms with Crippen molar-refractivity contribution in [3.63, 3.8) is 0 Å². The van der Waals surface area contributed by atoms with Crippen LogP contribution in [0.1, 0.15) is 19.3 Å². The second kappa shape index (κ2) is 5.53. The molecule has 2 amide bonds. The Morgan fingerprint density at radius 2 is 2.05 bits per heavy atom. The Kier molecular flexibility index (Phi) is 3.58. The molecule has 2 unspecified atom stereocenters. The number of ether oxygens (including phenoxy) is 1. The van der Waals surface area contributed by atoms with Gasteiger partial charge in [0.25, 0.3) is 0 Å². The molecule has 2 fully saturated rings. The maximum absolute atomic E-state index is 12.1. The zero-order chi connectivity index (χ0) is 13.9. The zero-order valence-electron chi connectivity index (χ0n) is 11.2. The highest BCUT2D eigenvalue weighted by atomic mass is 16.6. The smallest absolute Gasteiger partial charge is 0.410 e. The van der Waals surface area contributed by atoms with E-state index in [9.17, 15) is 9.59 Å². The molecule has 20 heavy (non-hydrogen) atoms. The maximum atomic E-state index is 12.1. The average molecular weight is 274 g/mol. The first-order valence-electron chi connectivity index (χ1n) is 7.03. The van der Waals surface area contributed by atoms with E-state index in [1.807, 2.05) is 18.2 Å². The normalized spacial score (nSPS) is 25.6. The summed E-state index contributed by atoms with van der Waals surface area (Å²) in [5.74, 6) is 1.05. The van der Waals surface area contributed by atoms with Crippen LogP contribution in [0.4, 0.5) is 4.79 Å². The largest absolute Gasteiger partial charge is 0.415 e.